The number of aliphatic imine (C=N–C) groups is 1. The zero-order valence-electron chi connectivity index (χ0n) is 15.1. The Kier molecular flexibility index (Phi) is 6.78. The molecule has 24 heavy (non-hydrogen) atoms. The molecule has 4 nitrogen and oxygen atoms in total. The van der Waals surface area contributed by atoms with Gasteiger partial charge in [-0.3, -0.25) is 9.89 Å². The largest absolute Gasteiger partial charge is 0.401 e. The topological polar surface area (TPSA) is 30.9 Å². The molecule has 0 aromatic carbocycles. The fraction of sp³-hybridized carbons (Fsp3) is 0.941. The number of alkyl halides is 3. The highest BCUT2D eigenvalue weighted by Gasteiger charge is 2.38. The predicted molar refractivity (Wildman–Crippen MR) is 91.1 cm³/mol. The first-order valence-corrected chi connectivity index (χ1v) is 9.13. The summed E-state index contributed by atoms with van der Waals surface area (Å²) in [6.07, 6.45) is 0.475. The molecule has 0 radical (unpaired) electrons. The molecular formula is C17H31F3N4. The van der Waals surface area contributed by atoms with Crippen LogP contribution in [0.5, 0.6) is 0 Å². The van der Waals surface area contributed by atoms with E-state index in [9.17, 15) is 13.2 Å². The first-order valence-electron chi connectivity index (χ1n) is 9.13. The lowest BCUT2D eigenvalue weighted by atomic mass is 10.1. The average molecular weight is 348 g/mol. The molecular weight excluding hydrogens is 317 g/mol. The van der Waals surface area contributed by atoms with Crippen LogP contribution in [0.1, 0.15) is 39.5 Å². The lowest BCUT2D eigenvalue weighted by Crippen LogP contribution is -2.42. The van der Waals surface area contributed by atoms with Crippen LogP contribution in [0, 0.1) is 11.8 Å². The number of guanidine groups is 1. The summed E-state index contributed by atoms with van der Waals surface area (Å²) in [4.78, 5) is 8.08. The second-order valence-electron chi connectivity index (χ2n) is 7.13. The van der Waals surface area contributed by atoms with Crippen LogP contribution < -0.4 is 5.32 Å². The molecule has 2 rings (SSSR count). The Bertz CT molecular complexity index is 425. The summed E-state index contributed by atoms with van der Waals surface area (Å²) in [5, 5.41) is 3.53. The van der Waals surface area contributed by atoms with Crippen LogP contribution in [0.3, 0.4) is 0 Å². The molecule has 2 aliphatic rings. The Hall–Kier alpha value is -0.980. The van der Waals surface area contributed by atoms with Gasteiger partial charge in [-0.1, -0.05) is 20.3 Å². The summed E-state index contributed by atoms with van der Waals surface area (Å²) < 4.78 is 37.8. The number of likely N-dealkylation sites (tertiary alicyclic amines) is 1. The molecule has 3 unspecified atom stereocenters. The minimum absolute atomic E-state index is 0.275. The van der Waals surface area contributed by atoms with Crippen molar-refractivity contribution in [1.82, 2.24) is 15.1 Å². The number of nitrogens with one attached hydrogen (secondary N) is 1. The second kappa shape index (κ2) is 8.41. The number of hydrogen-bond donors (Lipinski definition) is 1. The molecule has 0 spiro atoms. The van der Waals surface area contributed by atoms with Crippen LogP contribution in [0.25, 0.3) is 0 Å². The number of hydrogen-bond acceptors (Lipinski definition) is 2. The van der Waals surface area contributed by atoms with E-state index in [0.29, 0.717) is 19.1 Å². The molecule has 1 N–H and O–H groups in total. The predicted octanol–water partition coefficient (Wildman–Crippen LogP) is 2.96. The fourth-order valence-electron chi connectivity index (χ4n) is 3.68. The molecule has 1 aliphatic carbocycles. The summed E-state index contributed by atoms with van der Waals surface area (Å²) in [6, 6.07) is 0.528. The van der Waals surface area contributed by atoms with Gasteiger partial charge in [-0.15, -0.1) is 0 Å². The van der Waals surface area contributed by atoms with Crippen LogP contribution in [-0.2, 0) is 0 Å². The van der Waals surface area contributed by atoms with E-state index >= 15 is 0 Å². The van der Waals surface area contributed by atoms with E-state index < -0.39 is 12.7 Å². The maximum absolute atomic E-state index is 12.6. The first-order chi connectivity index (χ1) is 11.4. The normalized spacial score (nSPS) is 27.9. The Balaban J connectivity index is 1.78. The van der Waals surface area contributed by atoms with Crippen molar-refractivity contribution in [3.8, 4) is 0 Å². The lowest BCUT2D eigenvalue weighted by Gasteiger charge is -2.26. The molecule has 0 bridgehead atoms. The third-order valence-corrected chi connectivity index (χ3v) is 5.06. The number of nitrogens with zero attached hydrogens (tertiary/aromatic N) is 3. The van der Waals surface area contributed by atoms with Crippen molar-refractivity contribution in [1.29, 1.82) is 0 Å². The SMILES string of the molecule is CCCC1CC1NC(=NC)N1CCC(CN(CC)CC(F)(F)F)C1. The van der Waals surface area contributed by atoms with Gasteiger partial charge in [-0.25, -0.2) is 0 Å². The molecule has 0 amide bonds. The quantitative estimate of drug-likeness (QED) is 0.567. The van der Waals surface area contributed by atoms with Gasteiger partial charge < -0.3 is 10.2 Å². The Morgan fingerprint density at radius 3 is 2.67 bits per heavy atom. The average Bonchev–Trinajstić information content (AvgIpc) is 3.07. The number of rotatable bonds is 7. The summed E-state index contributed by atoms with van der Waals surface area (Å²) in [5.74, 6) is 1.95. The smallest absolute Gasteiger partial charge is 0.353 e. The minimum atomic E-state index is -4.12. The molecule has 1 aliphatic heterocycles. The molecule has 0 aromatic heterocycles. The van der Waals surface area contributed by atoms with Crippen LogP contribution in [-0.4, -0.2) is 67.7 Å². The summed E-state index contributed by atoms with van der Waals surface area (Å²) in [5.41, 5.74) is 0. The third-order valence-electron chi connectivity index (χ3n) is 5.06. The summed E-state index contributed by atoms with van der Waals surface area (Å²) >= 11 is 0. The van der Waals surface area contributed by atoms with Crippen LogP contribution >= 0.6 is 0 Å². The maximum atomic E-state index is 12.6. The maximum Gasteiger partial charge on any atom is 0.401 e. The Morgan fingerprint density at radius 1 is 1.33 bits per heavy atom. The molecule has 1 heterocycles. The van der Waals surface area contributed by atoms with Crippen LogP contribution in [0.15, 0.2) is 4.99 Å². The van der Waals surface area contributed by atoms with Crippen LogP contribution in [0.4, 0.5) is 13.2 Å². The van der Waals surface area contributed by atoms with Crippen molar-refractivity contribution in [3.05, 3.63) is 0 Å². The number of halogens is 3. The molecule has 1 saturated carbocycles. The molecule has 0 aromatic rings. The highest BCUT2D eigenvalue weighted by Crippen LogP contribution is 2.34. The van der Waals surface area contributed by atoms with Crippen molar-refractivity contribution in [2.75, 3.05) is 39.8 Å². The van der Waals surface area contributed by atoms with Crippen molar-refractivity contribution in [2.24, 2.45) is 16.8 Å². The third kappa shape index (κ3) is 5.83. The van der Waals surface area contributed by atoms with Gasteiger partial charge in [0.25, 0.3) is 0 Å². The minimum Gasteiger partial charge on any atom is -0.353 e. The van der Waals surface area contributed by atoms with E-state index in [1.807, 2.05) is 0 Å². The van der Waals surface area contributed by atoms with E-state index in [2.05, 4.69) is 22.1 Å². The highest BCUT2D eigenvalue weighted by molar-refractivity contribution is 5.80. The summed E-state index contributed by atoms with van der Waals surface area (Å²) in [7, 11) is 1.79. The van der Waals surface area contributed by atoms with Crippen molar-refractivity contribution < 1.29 is 13.2 Å². The van der Waals surface area contributed by atoms with Gasteiger partial charge in [0.2, 0.25) is 0 Å². The van der Waals surface area contributed by atoms with Crippen molar-refractivity contribution >= 4 is 5.96 Å². The van der Waals surface area contributed by atoms with Gasteiger partial charge in [0.15, 0.2) is 5.96 Å². The van der Waals surface area contributed by atoms with Gasteiger partial charge in [-0.2, -0.15) is 13.2 Å². The fourth-order valence-corrected chi connectivity index (χ4v) is 3.68. The Labute approximate surface area is 143 Å². The van der Waals surface area contributed by atoms with E-state index in [4.69, 9.17) is 0 Å². The lowest BCUT2D eigenvalue weighted by molar-refractivity contribution is -0.146. The monoisotopic (exact) mass is 348 g/mol. The van der Waals surface area contributed by atoms with E-state index in [1.165, 1.54) is 24.2 Å². The van der Waals surface area contributed by atoms with E-state index in [-0.39, 0.29) is 5.92 Å². The second-order valence-corrected chi connectivity index (χ2v) is 7.13. The summed E-state index contributed by atoms with van der Waals surface area (Å²) in [6.45, 7) is 5.79. The standard InChI is InChI=1S/C17H31F3N4/c1-4-6-14-9-15(14)22-16(21-3)24-8-7-13(11-24)10-23(5-2)12-17(18,19)20/h13-15H,4-12H2,1-3H3,(H,21,22). The molecule has 140 valence electrons. The zero-order chi connectivity index (χ0) is 17.7. The highest BCUT2D eigenvalue weighted by atomic mass is 19.4. The zero-order valence-corrected chi connectivity index (χ0v) is 15.1. The van der Waals surface area contributed by atoms with Crippen molar-refractivity contribution in [2.45, 2.75) is 51.7 Å². The molecule has 7 heteroatoms. The van der Waals surface area contributed by atoms with Gasteiger partial charge in [0, 0.05) is 32.7 Å². The molecule has 2 fully saturated rings. The van der Waals surface area contributed by atoms with Gasteiger partial charge >= 0.3 is 6.18 Å². The molecule has 3 atom stereocenters. The van der Waals surface area contributed by atoms with Crippen LogP contribution in [0.2, 0.25) is 0 Å². The first kappa shape index (κ1) is 19.3. The van der Waals surface area contributed by atoms with Gasteiger partial charge in [-0.05, 0) is 37.6 Å². The van der Waals surface area contributed by atoms with E-state index in [1.54, 1.807) is 14.0 Å². The molecule has 1 saturated heterocycles. The van der Waals surface area contributed by atoms with E-state index in [0.717, 1.165) is 31.4 Å². The Morgan fingerprint density at radius 2 is 2.08 bits per heavy atom. The van der Waals surface area contributed by atoms with Gasteiger partial charge in [0.05, 0.1) is 6.54 Å². The van der Waals surface area contributed by atoms with Gasteiger partial charge in [0.1, 0.15) is 0 Å². The van der Waals surface area contributed by atoms with Crippen molar-refractivity contribution in [3.63, 3.8) is 0 Å².